The zero-order valence-electron chi connectivity index (χ0n) is 12.5. The molecule has 0 aliphatic carbocycles. The number of hydrogen-bond donors (Lipinski definition) is 1. The van der Waals surface area contributed by atoms with E-state index in [1.165, 1.54) is 25.9 Å². The van der Waals surface area contributed by atoms with Gasteiger partial charge in [-0.1, -0.05) is 26.7 Å². The Bertz CT molecular complexity index is 289. The number of nitrogens with one attached hydrogen (secondary N) is 1. The monoisotopic (exact) mass is 267 g/mol. The molecule has 2 aliphatic heterocycles. The molecule has 2 unspecified atom stereocenters. The van der Waals surface area contributed by atoms with Gasteiger partial charge in [-0.2, -0.15) is 0 Å². The molecule has 0 saturated carbocycles. The first-order valence-electron chi connectivity index (χ1n) is 7.95. The van der Waals surface area contributed by atoms with E-state index in [2.05, 4.69) is 24.1 Å². The van der Waals surface area contributed by atoms with Gasteiger partial charge in [0, 0.05) is 13.1 Å². The lowest BCUT2D eigenvalue weighted by atomic mass is 10.1. The highest BCUT2D eigenvalue weighted by atomic mass is 16.2. The number of rotatable bonds is 7. The molecule has 0 bridgehead atoms. The number of nitrogens with zero attached hydrogens (tertiary/aromatic N) is 2. The molecule has 4 nitrogen and oxygen atoms in total. The van der Waals surface area contributed by atoms with Crippen LogP contribution in [-0.4, -0.2) is 54.6 Å². The van der Waals surface area contributed by atoms with Crippen molar-refractivity contribution >= 4 is 5.91 Å². The summed E-state index contributed by atoms with van der Waals surface area (Å²) in [6.07, 6.45) is 5.98. The van der Waals surface area contributed by atoms with Gasteiger partial charge in [-0.25, -0.2) is 0 Å². The maximum Gasteiger partial charge on any atom is 0.240 e. The van der Waals surface area contributed by atoms with Crippen molar-refractivity contribution < 1.29 is 4.79 Å². The van der Waals surface area contributed by atoms with Gasteiger partial charge in [0.2, 0.25) is 5.91 Å². The van der Waals surface area contributed by atoms with E-state index in [1.54, 1.807) is 0 Å². The average molecular weight is 267 g/mol. The van der Waals surface area contributed by atoms with Crippen molar-refractivity contribution in [3.8, 4) is 0 Å². The Morgan fingerprint density at radius 3 is 2.74 bits per heavy atom. The number of hydrogen-bond acceptors (Lipinski definition) is 3. The molecule has 2 heterocycles. The smallest absolute Gasteiger partial charge is 0.240 e. The maximum absolute atomic E-state index is 12.2. The first kappa shape index (κ1) is 14.8. The molecule has 0 radical (unpaired) electrons. The third-order valence-corrected chi connectivity index (χ3v) is 4.29. The first-order chi connectivity index (χ1) is 9.20. The number of carbonyl (C=O) groups is 1. The molecular formula is C15H29N3O. The molecule has 110 valence electrons. The average Bonchev–Trinajstić information content (AvgIpc) is 2.99. The molecule has 0 spiro atoms. The summed E-state index contributed by atoms with van der Waals surface area (Å²) in [5, 5.41) is 3.35. The highest BCUT2D eigenvalue weighted by molar-refractivity contribution is 5.83. The molecule has 2 saturated heterocycles. The summed E-state index contributed by atoms with van der Waals surface area (Å²) in [7, 11) is 0. The first-order valence-corrected chi connectivity index (χ1v) is 7.95. The minimum Gasteiger partial charge on any atom is -0.328 e. The molecule has 2 rings (SSSR count). The Labute approximate surface area is 117 Å². The van der Waals surface area contributed by atoms with E-state index in [0.29, 0.717) is 11.8 Å². The topological polar surface area (TPSA) is 35.6 Å². The van der Waals surface area contributed by atoms with Crippen LogP contribution in [0.5, 0.6) is 0 Å². The molecule has 0 aromatic heterocycles. The Morgan fingerprint density at radius 2 is 2.05 bits per heavy atom. The van der Waals surface area contributed by atoms with Gasteiger partial charge in [0.15, 0.2) is 0 Å². The normalized spacial score (nSPS) is 26.3. The molecule has 2 atom stereocenters. The molecule has 4 heteroatoms. The Balaban J connectivity index is 1.71. The van der Waals surface area contributed by atoms with E-state index >= 15 is 0 Å². The SMILES string of the molecule is CCCCC1NCN(CC(C)CN2CCCC2)C1=O. The number of unbranched alkanes of at least 4 members (excludes halogenated alkanes) is 1. The van der Waals surface area contributed by atoms with E-state index in [-0.39, 0.29) is 6.04 Å². The maximum atomic E-state index is 12.2. The minimum absolute atomic E-state index is 0.0823. The molecule has 1 amide bonds. The number of likely N-dealkylation sites (tertiary alicyclic amines) is 1. The van der Waals surface area contributed by atoms with Gasteiger partial charge < -0.3 is 9.80 Å². The molecule has 1 N–H and O–H groups in total. The lowest BCUT2D eigenvalue weighted by Gasteiger charge is -2.24. The molecule has 19 heavy (non-hydrogen) atoms. The van der Waals surface area contributed by atoms with Crippen molar-refractivity contribution in [2.75, 3.05) is 32.8 Å². The largest absolute Gasteiger partial charge is 0.328 e. The van der Waals surface area contributed by atoms with Crippen LogP contribution in [0.3, 0.4) is 0 Å². The predicted molar refractivity (Wildman–Crippen MR) is 77.9 cm³/mol. The van der Waals surface area contributed by atoms with Crippen LogP contribution in [0.25, 0.3) is 0 Å². The summed E-state index contributed by atoms with van der Waals surface area (Å²) < 4.78 is 0. The fourth-order valence-corrected chi connectivity index (χ4v) is 3.23. The summed E-state index contributed by atoms with van der Waals surface area (Å²) >= 11 is 0. The van der Waals surface area contributed by atoms with Crippen LogP contribution in [0.4, 0.5) is 0 Å². The van der Waals surface area contributed by atoms with Crippen molar-refractivity contribution in [1.29, 1.82) is 0 Å². The molecule has 0 aromatic rings. The van der Waals surface area contributed by atoms with Crippen LogP contribution in [0.15, 0.2) is 0 Å². The van der Waals surface area contributed by atoms with Crippen LogP contribution >= 0.6 is 0 Å². The zero-order chi connectivity index (χ0) is 13.7. The molecule has 0 aromatic carbocycles. The third kappa shape index (κ3) is 4.18. The van der Waals surface area contributed by atoms with E-state index in [4.69, 9.17) is 0 Å². The van der Waals surface area contributed by atoms with Gasteiger partial charge in [-0.3, -0.25) is 10.1 Å². The fraction of sp³-hybridized carbons (Fsp3) is 0.933. The van der Waals surface area contributed by atoms with Gasteiger partial charge in [-0.15, -0.1) is 0 Å². The Morgan fingerprint density at radius 1 is 1.32 bits per heavy atom. The van der Waals surface area contributed by atoms with Crippen molar-refractivity contribution in [1.82, 2.24) is 15.1 Å². The van der Waals surface area contributed by atoms with Gasteiger partial charge in [-0.05, 0) is 38.3 Å². The van der Waals surface area contributed by atoms with E-state index in [1.807, 2.05) is 4.90 Å². The standard InChI is InChI=1S/C15H29N3O/c1-3-4-7-14-15(19)18(12-16-14)11-13(2)10-17-8-5-6-9-17/h13-14,16H,3-12H2,1-2H3. The minimum atomic E-state index is 0.0823. The quantitative estimate of drug-likeness (QED) is 0.762. The van der Waals surface area contributed by atoms with Gasteiger partial charge in [0.1, 0.15) is 0 Å². The highest BCUT2D eigenvalue weighted by Gasteiger charge is 2.31. The van der Waals surface area contributed by atoms with Crippen LogP contribution in [-0.2, 0) is 4.79 Å². The van der Waals surface area contributed by atoms with Crippen LogP contribution in [0, 0.1) is 5.92 Å². The highest BCUT2D eigenvalue weighted by Crippen LogP contribution is 2.15. The van der Waals surface area contributed by atoms with Crippen LogP contribution < -0.4 is 5.32 Å². The second-order valence-corrected chi connectivity index (χ2v) is 6.23. The Hall–Kier alpha value is -0.610. The summed E-state index contributed by atoms with van der Waals surface area (Å²) in [6, 6.07) is 0.0823. The fourth-order valence-electron chi connectivity index (χ4n) is 3.23. The Kier molecular flexibility index (Phi) is 5.64. The van der Waals surface area contributed by atoms with Gasteiger partial charge in [0.25, 0.3) is 0 Å². The van der Waals surface area contributed by atoms with E-state index in [0.717, 1.165) is 39.0 Å². The van der Waals surface area contributed by atoms with Crippen molar-refractivity contribution in [2.24, 2.45) is 5.92 Å². The summed E-state index contributed by atoms with van der Waals surface area (Å²) in [5.41, 5.74) is 0. The molecular weight excluding hydrogens is 238 g/mol. The van der Waals surface area contributed by atoms with Crippen molar-refractivity contribution in [3.63, 3.8) is 0 Å². The predicted octanol–water partition coefficient (Wildman–Crippen LogP) is 1.67. The van der Waals surface area contributed by atoms with Crippen LogP contribution in [0.2, 0.25) is 0 Å². The zero-order valence-corrected chi connectivity index (χ0v) is 12.5. The van der Waals surface area contributed by atoms with Crippen molar-refractivity contribution in [3.05, 3.63) is 0 Å². The van der Waals surface area contributed by atoms with E-state index < -0.39 is 0 Å². The summed E-state index contributed by atoms with van der Waals surface area (Å²) in [6.45, 7) is 9.73. The third-order valence-electron chi connectivity index (χ3n) is 4.29. The van der Waals surface area contributed by atoms with Crippen LogP contribution in [0.1, 0.15) is 46.0 Å². The van der Waals surface area contributed by atoms with E-state index in [9.17, 15) is 4.79 Å². The number of amides is 1. The summed E-state index contributed by atoms with van der Waals surface area (Å²) in [4.78, 5) is 16.8. The lowest BCUT2D eigenvalue weighted by Crippen LogP contribution is -2.37. The second kappa shape index (κ2) is 7.25. The molecule has 2 aliphatic rings. The van der Waals surface area contributed by atoms with Gasteiger partial charge in [0.05, 0.1) is 12.7 Å². The summed E-state index contributed by atoms with van der Waals surface area (Å²) in [5.74, 6) is 0.899. The van der Waals surface area contributed by atoms with Gasteiger partial charge >= 0.3 is 0 Å². The lowest BCUT2D eigenvalue weighted by molar-refractivity contribution is -0.129. The second-order valence-electron chi connectivity index (χ2n) is 6.23. The van der Waals surface area contributed by atoms with Crippen molar-refractivity contribution in [2.45, 2.75) is 52.0 Å². The number of carbonyl (C=O) groups excluding carboxylic acids is 1. The molecule has 2 fully saturated rings.